The van der Waals surface area contributed by atoms with E-state index in [2.05, 4.69) is 25.9 Å². The second-order valence-electron chi connectivity index (χ2n) is 4.97. The number of hydrogen-bond acceptors (Lipinski definition) is 2. The number of rotatable bonds is 1. The zero-order chi connectivity index (χ0) is 15.4. The number of hydrogen-bond donors (Lipinski definition) is 2. The molecule has 4 nitrogen and oxygen atoms in total. The lowest BCUT2D eigenvalue weighted by Crippen LogP contribution is -2.03. The van der Waals surface area contributed by atoms with Gasteiger partial charge >= 0.3 is 5.97 Å². The van der Waals surface area contributed by atoms with E-state index in [1.807, 2.05) is 24.3 Å². The number of para-hydroxylation sites is 1. The largest absolute Gasteiger partial charge is 0.478 e. The summed E-state index contributed by atoms with van der Waals surface area (Å²) in [5.74, 6) is -0.997. The molecule has 0 amide bonds. The number of pyridine rings is 1. The fourth-order valence-corrected chi connectivity index (χ4v) is 3.23. The lowest BCUT2D eigenvalue weighted by Gasteiger charge is -2.09. The van der Waals surface area contributed by atoms with Crippen LogP contribution < -0.4 is 0 Å². The summed E-state index contributed by atoms with van der Waals surface area (Å²) in [6, 6.07) is 10.9. The van der Waals surface area contributed by atoms with Gasteiger partial charge in [-0.2, -0.15) is 0 Å². The van der Waals surface area contributed by atoms with Gasteiger partial charge in [0.2, 0.25) is 0 Å². The molecular weight excluding hydrogens is 368 g/mol. The van der Waals surface area contributed by atoms with Crippen LogP contribution in [0, 0.1) is 0 Å². The van der Waals surface area contributed by atoms with Crippen molar-refractivity contribution in [1.29, 1.82) is 0 Å². The van der Waals surface area contributed by atoms with E-state index in [-0.39, 0.29) is 5.56 Å². The predicted molar refractivity (Wildman–Crippen MR) is 89.9 cm³/mol. The number of carbonyl (C=O) groups is 1. The Morgan fingerprint density at radius 1 is 1.23 bits per heavy atom. The van der Waals surface area contributed by atoms with Crippen LogP contribution in [0.1, 0.15) is 10.4 Å². The zero-order valence-electron chi connectivity index (χ0n) is 11.0. The Morgan fingerprint density at radius 3 is 2.77 bits per heavy atom. The fourth-order valence-electron chi connectivity index (χ4n) is 2.73. The first-order valence-corrected chi connectivity index (χ1v) is 7.66. The van der Waals surface area contributed by atoms with Crippen LogP contribution in [0.25, 0.3) is 33.2 Å². The molecule has 0 unspecified atom stereocenters. The maximum Gasteiger partial charge on any atom is 0.338 e. The SMILES string of the molecule is O=C(O)c1c2nc3cc(Cl)c(Br)cc3c-2[nH]c2ccccc12. The molecule has 0 spiro atoms. The number of carboxylic acid groups (broad SMARTS) is 1. The van der Waals surface area contributed by atoms with E-state index in [1.165, 1.54) is 0 Å². The normalized spacial score (nSPS) is 11.5. The van der Waals surface area contributed by atoms with Crippen LogP contribution in [0.4, 0.5) is 0 Å². The molecule has 4 rings (SSSR count). The molecule has 0 radical (unpaired) electrons. The Labute approximate surface area is 138 Å². The predicted octanol–water partition coefficient (Wildman–Crippen LogP) is 4.94. The summed E-state index contributed by atoms with van der Waals surface area (Å²) in [7, 11) is 0. The van der Waals surface area contributed by atoms with Crippen molar-refractivity contribution in [2.24, 2.45) is 0 Å². The maximum absolute atomic E-state index is 11.8. The first-order valence-electron chi connectivity index (χ1n) is 6.48. The monoisotopic (exact) mass is 374 g/mol. The summed E-state index contributed by atoms with van der Waals surface area (Å²) < 4.78 is 0.745. The number of fused-ring (bicyclic) bond motifs is 4. The molecule has 0 atom stereocenters. The van der Waals surface area contributed by atoms with E-state index >= 15 is 0 Å². The van der Waals surface area contributed by atoms with Crippen molar-refractivity contribution < 1.29 is 9.90 Å². The zero-order valence-corrected chi connectivity index (χ0v) is 13.4. The van der Waals surface area contributed by atoms with Gasteiger partial charge in [-0.3, -0.25) is 0 Å². The second-order valence-corrected chi connectivity index (χ2v) is 6.23. The van der Waals surface area contributed by atoms with Crippen molar-refractivity contribution in [2.45, 2.75) is 0 Å². The smallest absolute Gasteiger partial charge is 0.338 e. The molecule has 2 aliphatic rings. The van der Waals surface area contributed by atoms with Gasteiger partial charge in [-0.15, -0.1) is 0 Å². The lowest BCUT2D eigenvalue weighted by atomic mass is 10.0. The molecule has 0 fully saturated rings. The van der Waals surface area contributed by atoms with Gasteiger partial charge in [-0.1, -0.05) is 29.8 Å². The Bertz CT molecular complexity index is 1040. The van der Waals surface area contributed by atoms with E-state index in [9.17, 15) is 9.90 Å². The van der Waals surface area contributed by atoms with Crippen molar-refractivity contribution in [3.63, 3.8) is 0 Å². The number of nitrogens with one attached hydrogen (secondary N) is 1. The van der Waals surface area contributed by atoms with Gasteiger partial charge in [-0.25, -0.2) is 9.78 Å². The van der Waals surface area contributed by atoms with Crippen LogP contribution in [-0.2, 0) is 0 Å². The summed E-state index contributed by atoms with van der Waals surface area (Å²) in [6.45, 7) is 0. The average Bonchev–Trinajstić information content (AvgIpc) is 2.82. The minimum Gasteiger partial charge on any atom is -0.478 e. The van der Waals surface area contributed by atoms with Crippen LogP contribution in [0.5, 0.6) is 0 Å². The molecule has 22 heavy (non-hydrogen) atoms. The van der Waals surface area contributed by atoms with Crippen molar-refractivity contribution in [2.75, 3.05) is 0 Å². The molecule has 2 aliphatic heterocycles. The van der Waals surface area contributed by atoms with Crippen LogP contribution >= 0.6 is 27.5 Å². The Balaban J connectivity index is 2.26. The van der Waals surface area contributed by atoms with Gasteiger partial charge in [-0.05, 0) is 34.1 Å². The number of nitrogens with zero attached hydrogens (tertiary/aromatic N) is 1. The average molecular weight is 376 g/mol. The number of aromatic nitrogens is 2. The molecule has 2 N–H and O–H groups in total. The summed E-state index contributed by atoms with van der Waals surface area (Å²) in [5, 5.41) is 11.6. The minimum absolute atomic E-state index is 0.202. The molecule has 0 saturated carbocycles. The third-order valence-corrected chi connectivity index (χ3v) is 4.88. The van der Waals surface area contributed by atoms with E-state index < -0.39 is 5.97 Å². The van der Waals surface area contributed by atoms with Gasteiger partial charge in [0, 0.05) is 20.8 Å². The van der Waals surface area contributed by atoms with Gasteiger partial charge in [0.1, 0.15) is 5.69 Å². The first kappa shape index (κ1) is 13.5. The fraction of sp³-hybridized carbons (Fsp3) is 0. The topological polar surface area (TPSA) is 66.0 Å². The molecule has 0 aromatic heterocycles. The minimum atomic E-state index is -0.997. The Hall–Kier alpha value is -2.11. The second kappa shape index (κ2) is 4.69. The number of aromatic carboxylic acids is 1. The number of benzene rings is 2. The van der Waals surface area contributed by atoms with Crippen molar-refractivity contribution in [1.82, 2.24) is 9.97 Å². The van der Waals surface area contributed by atoms with Crippen molar-refractivity contribution in [3.05, 3.63) is 51.5 Å². The Kier molecular flexibility index (Phi) is 2.89. The van der Waals surface area contributed by atoms with Gasteiger partial charge in [0.05, 0.1) is 21.8 Å². The van der Waals surface area contributed by atoms with E-state index in [0.29, 0.717) is 27.3 Å². The van der Waals surface area contributed by atoms with Crippen LogP contribution in [0.2, 0.25) is 5.02 Å². The summed E-state index contributed by atoms with van der Waals surface area (Å²) >= 11 is 9.50. The van der Waals surface area contributed by atoms with Crippen LogP contribution in [-0.4, -0.2) is 21.0 Å². The molecule has 0 saturated heterocycles. The summed E-state index contributed by atoms with van der Waals surface area (Å²) in [6.07, 6.45) is 0. The third kappa shape index (κ3) is 1.82. The van der Waals surface area contributed by atoms with Gasteiger partial charge in [0.15, 0.2) is 0 Å². The number of carboxylic acids is 1. The van der Waals surface area contributed by atoms with Gasteiger partial charge in [0.25, 0.3) is 0 Å². The van der Waals surface area contributed by atoms with Crippen LogP contribution in [0.3, 0.4) is 0 Å². The quantitative estimate of drug-likeness (QED) is 0.495. The van der Waals surface area contributed by atoms with Crippen molar-refractivity contribution in [3.8, 4) is 11.4 Å². The molecule has 2 heterocycles. The first-order chi connectivity index (χ1) is 10.6. The standard InChI is InChI=1S/C16H8BrClN2O2/c17-9-5-8-12(6-10(9)18)20-15-13(16(21)22)7-3-1-2-4-11(7)19-14(8)15/h1-6,19H,(H,21,22). The molecular formula is C16H8BrClN2O2. The van der Waals surface area contributed by atoms with Gasteiger partial charge < -0.3 is 10.1 Å². The van der Waals surface area contributed by atoms with Crippen molar-refractivity contribution >= 4 is 55.3 Å². The molecule has 0 bridgehead atoms. The highest BCUT2D eigenvalue weighted by Crippen LogP contribution is 2.38. The Morgan fingerprint density at radius 2 is 2.00 bits per heavy atom. The third-order valence-electron chi connectivity index (χ3n) is 3.68. The molecule has 2 aromatic rings. The highest BCUT2D eigenvalue weighted by molar-refractivity contribution is 9.10. The van der Waals surface area contributed by atoms with E-state index in [4.69, 9.17) is 11.6 Å². The lowest BCUT2D eigenvalue weighted by molar-refractivity contribution is 0.0699. The summed E-state index contributed by atoms with van der Waals surface area (Å²) in [4.78, 5) is 19.5. The summed E-state index contributed by atoms with van der Waals surface area (Å²) in [5.41, 5.74) is 2.76. The number of aromatic amines is 1. The number of H-pyrrole nitrogens is 1. The highest BCUT2D eigenvalue weighted by Gasteiger charge is 2.24. The number of halogens is 2. The molecule has 6 heteroatoms. The highest BCUT2D eigenvalue weighted by atomic mass is 79.9. The maximum atomic E-state index is 11.8. The molecule has 0 aliphatic carbocycles. The molecule has 2 aromatic carbocycles. The van der Waals surface area contributed by atoms with Crippen LogP contribution in [0.15, 0.2) is 40.9 Å². The van der Waals surface area contributed by atoms with E-state index in [0.717, 1.165) is 15.4 Å². The van der Waals surface area contributed by atoms with E-state index in [1.54, 1.807) is 12.1 Å². The molecule has 108 valence electrons.